The van der Waals surface area contributed by atoms with Crippen LogP contribution in [0.1, 0.15) is 34.6 Å². The highest BCUT2D eigenvalue weighted by Crippen LogP contribution is 2.50. The highest BCUT2D eigenvalue weighted by molar-refractivity contribution is 7.53. The monoisotopic (exact) mass is 440 g/mol. The average Bonchev–Trinajstić information content (AvgIpc) is 3.28. The van der Waals surface area contributed by atoms with E-state index in [4.69, 9.17) is 18.5 Å². The SMILES string of the molecule is CCOP(=O)(COc1ccc(C(=O)NCCOC)c2c1-c1ncsc1C2)OCC. The van der Waals surface area contributed by atoms with E-state index in [1.54, 1.807) is 38.6 Å². The van der Waals surface area contributed by atoms with Crippen molar-refractivity contribution in [3.05, 3.63) is 33.6 Å². The Bertz CT molecular complexity index is 906. The minimum Gasteiger partial charge on any atom is -0.480 e. The molecular weight excluding hydrogens is 415 g/mol. The second-order valence-corrected chi connectivity index (χ2v) is 9.17. The Labute approximate surface area is 174 Å². The predicted molar refractivity (Wildman–Crippen MR) is 111 cm³/mol. The van der Waals surface area contributed by atoms with Crippen LogP contribution < -0.4 is 10.1 Å². The first-order chi connectivity index (χ1) is 14.0. The predicted octanol–water partition coefficient (Wildman–Crippen LogP) is 3.69. The number of methoxy groups -OCH3 is 1. The van der Waals surface area contributed by atoms with Crippen LogP contribution in [0, 0.1) is 0 Å². The molecule has 3 rings (SSSR count). The fraction of sp³-hybridized carbons (Fsp3) is 0.474. The molecule has 2 aromatic rings. The largest absolute Gasteiger partial charge is 0.480 e. The van der Waals surface area contributed by atoms with Crippen LogP contribution in [0.4, 0.5) is 0 Å². The molecule has 0 bridgehead atoms. The van der Waals surface area contributed by atoms with Crippen molar-refractivity contribution in [2.75, 3.05) is 39.8 Å². The van der Waals surface area contributed by atoms with Crippen LogP contribution in [0.5, 0.6) is 5.75 Å². The average molecular weight is 440 g/mol. The van der Waals surface area contributed by atoms with Crippen molar-refractivity contribution in [2.45, 2.75) is 20.3 Å². The third kappa shape index (κ3) is 4.87. The van der Waals surface area contributed by atoms with Crippen molar-refractivity contribution in [2.24, 2.45) is 0 Å². The van der Waals surface area contributed by atoms with E-state index in [-0.39, 0.29) is 25.5 Å². The molecule has 1 aromatic carbocycles. The van der Waals surface area contributed by atoms with Crippen molar-refractivity contribution in [1.82, 2.24) is 10.3 Å². The van der Waals surface area contributed by atoms with E-state index in [1.807, 2.05) is 0 Å². The molecule has 158 valence electrons. The normalized spacial score (nSPS) is 12.5. The quantitative estimate of drug-likeness (QED) is 0.359. The summed E-state index contributed by atoms with van der Waals surface area (Å²) in [6, 6.07) is 3.43. The molecule has 0 unspecified atom stereocenters. The number of carbonyl (C=O) groups is 1. The van der Waals surface area contributed by atoms with Gasteiger partial charge in [-0.05, 0) is 31.5 Å². The van der Waals surface area contributed by atoms with Gasteiger partial charge < -0.3 is 23.8 Å². The number of benzene rings is 1. The number of amides is 1. The Kier molecular flexibility index (Phi) is 7.43. The number of rotatable bonds is 11. The zero-order valence-electron chi connectivity index (χ0n) is 16.7. The van der Waals surface area contributed by atoms with Crippen LogP contribution in [0.3, 0.4) is 0 Å². The van der Waals surface area contributed by atoms with Gasteiger partial charge in [0.1, 0.15) is 5.75 Å². The lowest BCUT2D eigenvalue weighted by atomic mass is 10.0. The number of nitrogens with one attached hydrogen (secondary N) is 1. The van der Waals surface area contributed by atoms with Gasteiger partial charge in [-0.2, -0.15) is 0 Å². The third-order valence-corrected chi connectivity index (χ3v) is 6.94. The van der Waals surface area contributed by atoms with Gasteiger partial charge in [-0.3, -0.25) is 9.36 Å². The van der Waals surface area contributed by atoms with Crippen molar-refractivity contribution in [3.8, 4) is 17.0 Å². The number of carbonyl (C=O) groups excluding carboxylic acids is 1. The van der Waals surface area contributed by atoms with Gasteiger partial charge >= 0.3 is 7.60 Å². The van der Waals surface area contributed by atoms with Crippen LogP contribution in [-0.2, 0) is 24.8 Å². The standard InChI is InChI=1S/C19H25N2O6PS/c1-4-26-28(23,27-5-2)12-25-15-7-6-13(19(22)20-8-9-24-3)14-10-16-18(17(14)15)21-11-29-16/h6-7,11H,4-5,8-10,12H2,1-3H3,(H,20,22). The molecule has 0 saturated heterocycles. The lowest BCUT2D eigenvalue weighted by molar-refractivity contribution is 0.0936. The Morgan fingerprint density at radius 2 is 2.03 bits per heavy atom. The zero-order valence-corrected chi connectivity index (χ0v) is 18.4. The summed E-state index contributed by atoms with van der Waals surface area (Å²) in [7, 11) is -1.78. The molecule has 1 heterocycles. The number of fused-ring (bicyclic) bond motifs is 3. The van der Waals surface area contributed by atoms with Gasteiger partial charge in [-0.25, -0.2) is 4.98 Å². The maximum absolute atomic E-state index is 12.7. The summed E-state index contributed by atoms with van der Waals surface area (Å²) < 4.78 is 34.2. The number of hydrogen-bond acceptors (Lipinski definition) is 8. The first kappa shape index (κ1) is 21.9. The Hall–Kier alpha value is -1.77. The van der Waals surface area contributed by atoms with E-state index in [0.29, 0.717) is 30.9 Å². The van der Waals surface area contributed by atoms with Gasteiger partial charge in [-0.15, -0.1) is 11.3 Å². The lowest BCUT2D eigenvalue weighted by Crippen LogP contribution is -2.27. The van der Waals surface area contributed by atoms with Crippen molar-refractivity contribution in [3.63, 3.8) is 0 Å². The summed E-state index contributed by atoms with van der Waals surface area (Å²) in [5.74, 6) is 0.340. The summed E-state index contributed by atoms with van der Waals surface area (Å²) in [6.45, 7) is 4.89. The van der Waals surface area contributed by atoms with Gasteiger partial charge in [0.05, 0.1) is 31.0 Å². The molecule has 0 radical (unpaired) electrons. The molecule has 8 nitrogen and oxygen atoms in total. The number of nitrogens with zero attached hydrogens (tertiary/aromatic N) is 1. The molecule has 1 amide bonds. The van der Waals surface area contributed by atoms with Crippen molar-refractivity contribution >= 4 is 24.8 Å². The van der Waals surface area contributed by atoms with Crippen molar-refractivity contribution in [1.29, 1.82) is 0 Å². The number of aromatic nitrogens is 1. The summed E-state index contributed by atoms with van der Waals surface area (Å²) >= 11 is 1.54. The molecule has 0 atom stereocenters. The van der Waals surface area contributed by atoms with Gasteiger partial charge in [-0.1, -0.05) is 0 Å². The van der Waals surface area contributed by atoms with E-state index in [1.165, 1.54) is 11.3 Å². The zero-order chi connectivity index (χ0) is 20.9. The van der Waals surface area contributed by atoms with E-state index in [0.717, 1.165) is 21.7 Å². The Morgan fingerprint density at radius 3 is 2.72 bits per heavy atom. The molecule has 0 fully saturated rings. The summed E-state index contributed by atoms with van der Waals surface area (Å²) in [6.07, 6.45) is 0.397. The van der Waals surface area contributed by atoms with E-state index in [9.17, 15) is 9.36 Å². The van der Waals surface area contributed by atoms with Gasteiger partial charge in [0.15, 0.2) is 6.35 Å². The number of ether oxygens (including phenoxy) is 2. The van der Waals surface area contributed by atoms with Gasteiger partial charge in [0.2, 0.25) is 0 Å². The first-order valence-electron chi connectivity index (χ1n) is 9.39. The van der Waals surface area contributed by atoms with Crippen molar-refractivity contribution < 1.29 is 27.9 Å². The summed E-state index contributed by atoms with van der Waals surface area (Å²) in [5, 5.41) is 2.85. The van der Waals surface area contributed by atoms with E-state index < -0.39 is 7.60 Å². The lowest BCUT2D eigenvalue weighted by Gasteiger charge is -2.19. The minimum absolute atomic E-state index is 0.172. The van der Waals surface area contributed by atoms with Crippen LogP contribution in [0.25, 0.3) is 11.3 Å². The molecule has 0 aliphatic heterocycles. The van der Waals surface area contributed by atoms with Crippen LogP contribution in [-0.4, -0.2) is 50.7 Å². The maximum Gasteiger partial charge on any atom is 0.367 e. The van der Waals surface area contributed by atoms with E-state index in [2.05, 4.69) is 10.3 Å². The van der Waals surface area contributed by atoms with Gasteiger partial charge in [0, 0.05) is 36.1 Å². The molecule has 1 aromatic heterocycles. The third-order valence-electron chi connectivity index (χ3n) is 4.36. The molecule has 1 aliphatic carbocycles. The smallest absolute Gasteiger partial charge is 0.367 e. The molecule has 0 saturated carbocycles. The highest BCUT2D eigenvalue weighted by atomic mass is 32.1. The highest BCUT2D eigenvalue weighted by Gasteiger charge is 2.31. The summed E-state index contributed by atoms with van der Waals surface area (Å²) in [4.78, 5) is 18.2. The molecule has 1 aliphatic rings. The number of hydrogen-bond donors (Lipinski definition) is 1. The van der Waals surface area contributed by atoms with Crippen LogP contribution >= 0.6 is 18.9 Å². The van der Waals surface area contributed by atoms with E-state index >= 15 is 0 Å². The molecule has 29 heavy (non-hydrogen) atoms. The first-order valence-corrected chi connectivity index (χ1v) is 12.0. The second kappa shape index (κ2) is 9.82. The molecule has 1 N–H and O–H groups in total. The minimum atomic E-state index is -3.36. The second-order valence-electron chi connectivity index (χ2n) is 6.23. The maximum atomic E-state index is 12.7. The Balaban J connectivity index is 1.89. The topological polar surface area (TPSA) is 96.0 Å². The summed E-state index contributed by atoms with van der Waals surface area (Å²) in [5.41, 5.74) is 4.77. The van der Waals surface area contributed by atoms with Crippen LogP contribution in [0.2, 0.25) is 0 Å². The Morgan fingerprint density at radius 1 is 1.28 bits per heavy atom. The fourth-order valence-electron chi connectivity index (χ4n) is 3.18. The fourth-order valence-corrected chi connectivity index (χ4v) is 5.27. The van der Waals surface area contributed by atoms with Gasteiger partial charge in [0.25, 0.3) is 5.91 Å². The number of thiazole rings is 1. The molecular formula is C19H25N2O6PS. The molecule has 10 heteroatoms. The molecule has 0 spiro atoms. The van der Waals surface area contributed by atoms with Crippen LogP contribution in [0.15, 0.2) is 17.6 Å².